The van der Waals surface area contributed by atoms with Gasteiger partial charge in [0, 0.05) is 38.6 Å². The van der Waals surface area contributed by atoms with Gasteiger partial charge in [-0.25, -0.2) is 4.98 Å². The Balaban J connectivity index is 2.15. The van der Waals surface area contributed by atoms with E-state index in [-0.39, 0.29) is 0 Å². The van der Waals surface area contributed by atoms with Crippen LogP contribution in [0.3, 0.4) is 0 Å². The molecule has 0 spiro atoms. The summed E-state index contributed by atoms with van der Waals surface area (Å²) in [5, 5.41) is 6.90. The summed E-state index contributed by atoms with van der Waals surface area (Å²) in [5.74, 6) is 0.611. The van der Waals surface area contributed by atoms with Gasteiger partial charge in [0.15, 0.2) is 5.11 Å². The molecule has 6 heteroatoms. The van der Waals surface area contributed by atoms with E-state index in [1.165, 1.54) is 0 Å². The minimum Gasteiger partial charge on any atom is -0.481 e. The van der Waals surface area contributed by atoms with Crippen LogP contribution < -0.4 is 15.4 Å². The zero-order chi connectivity index (χ0) is 13.9. The Morgan fingerprint density at radius 3 is 2.84 bits per heavy atom. The molecule has 0 radical (unpaired) electrons. The van der Waals surface area contributed by atoms with Crippen molar-refractivity contribution in [2.24, 2.45) is 0 Å². The number of nitrogens with zero attached hydrogens (tertiary/aromatic N) is 1. The smallest absolute Gasteiger partial charge is 0.212 e. The lowest BCUT2D eigenvalue weighted by Gasteiger charge is -2.10. The van der Waals surface area contributed by atoms with Gasteiger partial charge >= 0.3 is 0 Å². The van der Waals surface area contributed by atoms with Crippen LogP contribution in [0.25, 0.3) is 0 Å². The van der Waals surface area contributed by atoms with Crippen molar-refractivity contribution in [3.8, 4) is 5.88 Å². The fraction of sp³-hybridized carbons (Fsp3) is 0.538. The van der Waals surface area contributed by atoms with Crippen LogP contribution in [0.5, 0.6) is 5.88 Å². The second-order valence-corrected chi connectivity index (χ2v) is 4.28. The second kappa shape index (κ2) is 9.52. The topological polar surface area (TPSA) is 55.4 Å². The third kappa shape index (κ3) is 6.93. The molecule has 0 aliphatic rings. The molecular weight excluding hydrogens is 262 g/mol. The molecule has 2 N–H and O–H groups in total. The Morgan fingerprint density at radius 2 is 2.21 bits per heavy atom. The summed E-state index contributed by atoms with van der Waals surface area (Å²) < 4.78 is 10.2. The van der Waals surface area contributed by atoms with Gasteiger partial charge in [-0.15, -0.1) is 0 Å². The van der Waals surface area contributed by atoms with Crippen molar-refractivity contribution in [3.63, 3.8) is 0 Å². The molecule has 0 saturated carbocycles. The number of thiocarbonyl (C=S) groups is 1. The van der Waals surface area contributed by atoms with E-state index in [4.69, 9.17) is 21.7 Å². The Kier molecular flexibility index (Phi) is 7.84. The van der Waals surface area contributed by atoms with Crippen LogP contribution in [0.2, 0.25) is 0 Å². The second-order valence-electron chi connectivity index (χ2n) is 3.87. The average molecular weight is 283 g/mol. The lowest BCUT2D eigenvalue weighted by Crippen LogP contribution is -2.35. The predicted octanol–water partition coefficient (Wildman–Crippen LogP) is 1.48. The fourth-order valence-corrected chi connectivity index (χ4v) is 1.58. The average Bonchev–Trinajstić information content (AvgIpc) is 2.45. The first-order chi connectivity index (χ1) is 9.26. The van der Waals surface area contributed by atoms with E-state index in [2.05, 4.69) is 15.6 Å². The van der Waals surface area contributed by atoms with E-state index in [1.807, 2.05) is 19.1 Å². The van der Waals surface area contributed by atoms with Gasteiger partial charge in [0.2, 0.25) is 5.88 Å². The largest absolute Gasteiger partial charge is 0.481 e. The molecule has 1 aromatic heterocycles. The Labute approximate surface area is 119 Å². The molecule has 19 heavy (non-hydrogen) atoms. The highest BCUT2D eigenvalue weighted by Crippen LogP contribution is 2.05. The Bertz CT molecular complexity index is 371. The van der Waals surface area contributed by atoms with Crippen molar-refractivity contribution in [1.29, 1.82) is 0 Å². The molecule has 0 bridgehead atoms. The van der Waals surface area contributed by atoms with Gasteiger partial charge in [0.05, 0.1) is 7.11 Å². The predicted molar refractivity (Wildman–Crippen MR) is 79.3 cm³/mol. The van der Waals surface area contributed by atoms with Crippen molar-refractivity contribution in [2.75, 3.05) is 26.9 Å². The Hall–Kier alpha value is -1.40. The standard InChI is InChI=1S/C13H21N3O2S/c1-3-18-8-4-7-14-13(19)16-10-11-5-6-12(17-2)15-9-11/h5-6,9H,3-4,7-8,10H2,1-2H3,(H2,14,16,19). The first-order valence-electron chi connectivity index (χ1n) is 6.34. The third-order valence-electron chi connectivity index (χ3n) is 2.41. The molecule has 0 aromatic carbocycles. The number of rotatable bonds is 8. The summed E-state index contributed by atoms with van der Waals surface area (Å²) in [6.07, 6.45) is 2.71. The molecule has 1 rings (SSSR count). The number of hydrogen-bond acceptors (Lipinski definition) is 4. The van der Waals surface area contributed by atoms with E-state index in [9.17, 15) is 0 Å². The summed E-state index contributed by atoms with van der Waals surface area (Å²) in [4.78, 5) is 4.13. The highest BCUT2D eigenvalue weighted by molar-refractivity contribution is 7.80. The lowest BCUT2D eigenvalue weighted by molar-refractivity contribution is 0.145. The Morgan fingerprint density at radius 1 is 1.37 bits per heavy atom. The lowest BCUT2D eigenvalue weighted by atomic mass is 10.3. The van der Waals surface area contributed by atoms with Gasteiger partial charge in [-0.1, -0.05) is 6.07 Å². The van der Waals surface area contributed by atoms with Crippen molar-refractivity contribution in [3.05, 3.63) is 23.9 Å². The van der Waals surface area contributed by atoms with E-state index < -0.39 is 0 Å². The van der Waals surface area contributed by atoms with Gasteiger partial charge in [-0.2, -0.15) is 0 Å². The summed E-state index contributed by atoms with van der Waals surface area (Å²) >= 11 is 5.17. The van der Waals surface area contributed by atoms with Crippen LogP contribution in [-0.4, -0.2) is 37.0 Å². The maximum Gasteiger partial charge on any atom is 0.212 e. The summed E-state index contributed by atoms with van der Waals surface area (Å²) in [6.45, 7) is 4.96. The number of ether oxygens (including phenoxy) is 2. The fourth-order valence-electron chi connectivity index (χ4n) is 1.40. The van der Waals surface area contributed by atoms with E-state index in [0.29, 0.717) is 17.5 Å². The van der Waals surface area contributed by atoms with Crippen molar-refractivity contribution in [1.82, 2.24) is 15.6 Å². The SMILES string of the molecule is CCOCCCNC(=S)NCc1ccc(OC)nc1. The number of hydrogen-bond donors (Lipinski definition) is 2. The molecule has 0 aliphatic heterocycles. The quantitative estimate of drug-likeness (QED) is 0.557. The molecule has 0 aliphatic carbocycles. The van der Waals surface area contributed by atoms with Crippen molar-refractivity contribution >= 4 is 17.3 Å². The third-order valence-corrected chi connectivity index (χ3v) is 2.70. The summed E-state index contributed by atoms with van der Waals surface area (Å²) in [6, 6.07) is 3.78. The number of aromatic nitrogens is 1. The highest BCUT2D eigenvalue weighted by atomic mass is 32.1. The van der Waals surface area contributed by atoms with Crippen LogP contribution in [-0.2, 0) is 11.3 Å². The summed E-state index contributed by atoms with van der Waals surface area (Å²) in [7, 11) is 1.60. The molecule has 106 valence electrons. The van der Waals surface area contributed by atoms with Gasteiger partial charge in [-0.3, -0.25) is 0 Å². The van der Waals surface area contributed by atoms with Crippen LogP contribution in [0.15, 0.2) is 18.3 Å². The molecule has 1 aromatic rings. The first-order valence-corrected chi connectivity index (χ1v) is 6.75. The minimum atomic E-state index is 0.611. The highest BCUT2D eigenvalue weighted by Gasteiger charge is 1.98. The van der Waals surface area contributed by atoms with Crippen LogP contribution >= 0.6 is 12.2 Å². The zero-order valence-corrected chi connectivity index (χ0v) is 12.3. The summed E-state index contributed by atoms with van der Waals surface area (Å²) in [5.41, 5.74) is 1.05. The molecule has 1 heterocycles. The number of pyridine rings is 1. The van der Waals surface area contributed by atoms with Crippen molar-refractivity contribution < 1.29 is 9.47 Å². The molecular formula is C13H21N3O2S. The van der Waals surface area contributed by atoms with Gasteiger partial charge in [0.25, 0.3) is 0 Å². The molecule has 0 atom stereocenters. The van der Waals surface area contributed by atoms with E-state index in [1.54, 1.807) is 13.3 Å². The van der Waals surface area contributed by atoms with Crippen LogP contribution in [0, 0.1) is 0 Å². The van der Waals surface area contributed by atoms with Crippen LogP contribution in [0.4, 0.5) is 0 Å². The van der Waals surface area contributed by atoms with E-state index >= 15 is 0 Å². The van der Waals surface area contributed by atoms with Gasteiger partial charge in [0.1, 0.15) is 0 Å². The molecule has 0 fully saturated rings. The maximum absolute atomic E-state index is 5.24. The van der Waals surface area contributed by atoms with Crippen molar-refractivity contribution in [2.45, 2.75) is 19.9 Å². The molecule has 0 saturated heterocycles. The maximum atomic E-state index is 5.24. The number of methoxy groups -OCH3 is 1. The molecule has 0 unspecified atom stereocenters. The number of nitrogens with one attached hydrogen (secondary N) is 2. The van der Waals surface area contributed by atoms with Gasteiger partial charge in [-0.05, 0) is 31.1 Å². The molecule has 5 nitrogen and oxygen atoms in total. The minimum absolute atomic E-state index is 0.611. The molecule has 0 amide bonds. The monoisotopic (exact) mass is 283 g/mol. The van der Waals surface area contributed by atoms with Crippen LogP contribution in [0.1, 0.15) is 18.9 Å². The normalized spacial score (nSPS) is 10.0. The van der Waals surface area contributed by atoms with Gasteiger partial charge < -0.3 is 20.1 Å². The van der Waals surface area contributed by atoms with E-state index in [0.717, 1.165) is 31.7 Å². The first kappa shape index (κ1) is 15.7. The zero-order valence-electron chi connectivity index (χ0n) is 11.4.